The van der Waals surface area contributed by atoms with Crippen LogP contribution in [0.15, 0.2) is 26.9 Å². The molecule has 22 heavy (non-hydrogen) atoms. The van der Waals surface area contributed by atoms with Crippen molar-refractivity contribution in [3.05, 3.63) is 42.9 Å². The van der Waals surface area contributed by atoms with Crippen LogP contribution in [0.2, 0.25) is 0 Å². The highest BCUT2D eigenvalue weighted by Crippen LogP contribution is 2.22. The first-order valence-electron chi connectivity index (χ1n) is 7.17. The number of hydrogen-bond donors (Lipinski definition) is 0. The molecule has 0 spiro atoms. The molecule has 3 heterocycles. The van der Waals surface area contributed by atoms with E-state index in [1.165, 1.54) is 17.8 Å². The van der Waals surface area contributed by atoms with Crippen molar-refractivity contribution in [1.82, 2.24) is 9.55 Å². The zero-order valence-corrected chi connectivity index (χ0v) is 14.4. The molecular formula is C15H15BrN4OS. The first kappa shape index (κ1) is 15.3. The summed E-state index contributed by atoms with van der Waals surface area (Å²) in [4.78, 5) is 20.0. The number of aromatic nitrogens is 2. The third-order valence-electron chi connectivity index (χ3n) is 3.79. The molecule has 0 N–H and O–H groups in total. The van der Waals surface area contributed by atoms with Crippen LogP contribution in [0.1, 0.15) is 29.7 Å². The highest BCUT2D eigenvalue weighted by atomic mass is 79.9. The monoisotopic (exact) mass is 378 g/mol. The minimum Gasteiger partial charge on any atom is -0.342 e. The molecule has 0 radical (unpaired) electrons. The van der Waals surface area contributed by atoms with Crippen LogP contribution < -0.4 is 10.5 Å². The fraction of sp³-hybridized carbons (Fsp3) is 0.400. The van der Waals surface area contributed by atoms with Gasteiger partial charge in [0.1, 0.15) is 10.5 Å². The minimum absolute atomic E-state index is 0.104. The lowest BCUT2D eigenvalue weighted by Gasteiger charge is -2.29. The summed E-state index contributed by atoms with van der Waals surface area (Å²) in [7, 11) is 0. The van der Waals surface area contributed by atoms with Crippen LogP contribution in [0.3, 0.4) is 0 Å². The third kappa shape index (κ3) is 2.94. The Bertz CT molecular complexity index is 771. The van der Waals surface area contributed by atoms with E-state index in [-0.39, 0.29) is 5.56 Å². The summed E-state index contributed by atoms with van der Waals surface area (Å²) in [5.74, 6) is 0.699. The standard InChI is InChI=1S/C15H15BrN4OS/c16-12-9-18-15(19-5-2-1-3-6-19)20(14(12)21)10-13-11(8-17)4-7-22-13/h4,7,9H,1-3,5-6,10H2. The molecule has 2 aromatic heterocycles. The molecular weight excluding hydrogens is 364 g/mol. The van der Waals surface area contributed by atoms with E-state index in [1.807, 2.05) is 5.38 Å². The summed E-state index contributed by atoms with van der Waals surface area (Å²) in [6.07, 6.45) is 5.03. The molecule has 114 valence electrons. The van der Waals surface area contributed by atoms with Crippen LogP contribution in [0.5, 0.6) is 0 Å². The molecule has 3 rings (SSSR count). The second-order valence-corrected chi connectivity index (χ2v) is 7.07. The molecule has 5 nitrogen and oxygen atoms in total. The lowest BCUT2D eigenvalue weighted by Crippen LogP contribution is -2.36. The van der Waals surface area contributed by atoms with Gasteiger partial charge in [-0.25, -0.2) is 4.98 Å². The van der Waals surface area contributed by atoms with Gasteiger partial charge in [-0.1, -0.05) is 0 Å². The summed E-state index contributed by atoms with van der Waals surface area (Å²) in [5, 5.41) is 11.0. The van der Waals surface area contributed by atoms with Crippen molar-refractivity contribution < 1.29 is 0 Å². The first-order chi connectivity index (χ1) is 10.7. The number of piperidine rings is 1. The number of halogens is 1. The predicted molar refractivity (Wildman–Crippen MR) is 90.4 cm³/mol. The highest BCUT2D eigenvalue weighted by Gasteiger charge is 2.19. The van der Waals surface area contributed by atoms with E-state index in [9.17, 15) is 4.79 Å². The lowest BCUT2D eigenvalue weighted by atomic mass is 10.1. The molecule has 0 bridgehead atoms. The predicted octanol–water partition coefficient (Wildman–Crippen LogP) is 2.98. The molecule has 0 saturated carbocycles. The van der Waals surface area contributed by atoms with E-state index in [4.69, 9.17) is 5.26 Å². The van der Waals surface area contributed by atoms with Gasteiger partial charge in [0.15, 0.2) is 0 Å². The van der Waals surface area contributed by atoms with Gasteiger partial charge >= 0.3 is 0 Å². The van der Waals surface area contributed by atoms with Crippen LogP contribution in [-0.2, 0) is 6.54 Å². The molecule has 2 aromatic rings. The van der Waals surface area contributed by atoms with Gasteiger partial charge in [0, 0.05) is 18.0 Å². The third-order valence-corrected chi connectivity index (χ3v) is 5.24. The highest BCUT2D eigenvalue weighted by molar-refractivity contribution is 9.10. The smallest absolute Gasteiger partial charge is 0.269 e. The molecule has 7 heteroatoms. The lowest BCUT2D eigenvalue weighted by molar-refractivity contribution is 0.551. The SMILES string of the molecule is N#Cc1ccsc1Cn1c(N2CCCCC2)ncc(Br)c1=O. The molecule has 0 aliphatic carbocycles. The molecule has 1 aliphatic rings. The Morgan fingerprint density at radius 3 is 2.86 bits per heavy atom. The van der Waals surface area contributed by atoms with Crippen molar-refractivity contribution in [2.45, 2.75) is 25.8 Å². The van der Waals surface area contributed by atoms with E-state index in [0.29, 0.717) is 22.5 Å². The van der Waals surface area contributed by atoms with E-state index in [2.05, 4.69) is 31.9 Å². The molecule has 0 unspecified atom stereocenters. The van der Waals surface area contributed by atoms with E-state index in [0.717, 1.165) is 30.8 Å². The maximum Gasteiger partial charge on any atom is 0.269 e. The van der Waals surface area contributed by atoms with Crippen LogP contribution >= 0.6 is 27.3 Å². The van der Waals surface area contributed by atoms with Crippen molar-refractivity contribution in [2.75, 3.05) is 18.0 Å². The van der Waals surface area contributed by atoms with Crippen molar-refractivity contribution in [2.24, 2.45) is 0 Å². The average molecular weight is 379 g/mol. The zero-order valence-electron chi connectivity index (χ0n) is 12.0. The van der Waals surface area contributed by atoms with Crippen LogP contribution in [-0.4, -0.2) is 22.6 Å². The van der Waals surface area contributed by atoms with Gasteiger partial charge in [0.05, 0.1) is 18.3 Å². The van der Waals surface area contributed by atoms with Gasteiger partial charge in [-0.15, -0.1) is 11.3 Å². The molecule has 1 fully saturated rings. The second-order valence-electron chi connectivity index (χ2n) is 5.21. The molecule has 1 saturated heterocycles. The summed E-state index contributed by atoms with van der Waals surface area (Å²) in [6, 6.07) is 3.97. The summed E-state index contributed by atoms with van der Waals surface area (Å²) in [5.41, 5.74) is 0.523. The summed E-state index contributed by atoms with van der Waals surface area (Å²) in [6.45, 7) is 2.23. The largest absolute Gasteiger partial charge is 0.342 e. The second kappa shape index (κ2) is 6.63. The van der Waals surface area contributed by atoms with Gasteiger partial charge in [0.2, 0.25) is 5.95 Å². The van der Waals surface area contributed by atoms with Crippen molar-refractivity contribution in [1.29, 1.82) is 5.26 Å². The topological polar surface area (TPSA) is 61.9 Å². The number of rotatable bonds is 3. The Balaban J connectivity index is 2.03. The number of anilines is 1. The van der Waals surface area contributed by atoms with E-state index < -0.39 is 0 Å². The Morgan fingerprint density at radius 2 is 2.14 bits per heavy atom. The summed E-state index contributed by atoms with van der Waals surface area (Å²) < 4.78 is 2.12. The summed E-state index contributed by atoms with van der Waals surface area (Å²) >= 11 is 4.76. The van der Waals surface area contributed by atoms with E-state index >= 15 is 0 Å². The van der Waals surface area contributed by atoms with Gasteiger partial charge in [-0.3, -0.25) is 9.36 Å². The number of hydrogen-bond acceptors (Lipinski definition) is 5. The van der Waals surface area contributed by atoms with Crippen LogP contribution in [0.4, 0.5) is 5.95 Å². The Hall–Kier alpha value is -1.65. The minimum atomic E-state index is -0.104. The first-order valence-corrected chi connectivity index (χ1v) is 8.84. The van der Waals surface area contributed by atoms with E-state index in [1.54, 1.807) is 16.8 Å². The molecule has 1 aliphatic heterocycles. The molecule has 0 amide bonds. The van der Waals surface area contributed by atoms with Crippen LogP contribution in [0.25, 0.3) is 0 Å². The zero-order chi connectivity index (χ0) is 15.5. The van der Waals surface area contributed by atoms with Crippen molar-refractivity contribution in [3.8, 4) is 6.07 Å². The van der Waals surface area contributed by atoms with Crippen molar-refractivity contribution >= 4 is 33.2 Å². The van der Waals surface area contributed by atoms with Crippen molar-refractivity contribution in [3.63, 3.8) is 0 Å². The van der Waals surface area contributed by atoms with Gasteiger partial charge in [-0.05, 0) is 46.6 Å². The molecule has 0 aromatic carbocycles. The Kier molecular flexibility index (Phi) is 4.60. The Labute approximate surface area is 141 Å². The Morgan fingerprint density at radius 1 is 1.36 bits per heavy atom. The van der Waals surface area contributed by atoms with Gasteiger partial charge < -0.3 is 4.90 Å². The fourth-order valence-electron chi connectivity index (χ4n) is 2.65. The number of nitriles is 1. The van der Waals surface area contributed by atoms with Crippen LogP contribution in [0, 0.1) is 11.3 Å². The molecule has 0 atom stereocenters. The normalized spacial score (nSPS) is 14.8. The number of thiophene rings is 1. The van der Waals surface area contributed by atoms with Gasteiger partial charge in [-0.2, -0.15) is 5.26 Å². The number of nitrogens with zero attached hydrogens (tertiary/aromatic N) is 4. The van der Waals surface area contributed by atoms with Gasteiger partial charge in [0.25, 0.3) is 5.56 Å². The average Bonchev–Trinajstić information content (AvgIpc) is 3.00. The fourth-order valence-corrected chi connectivity index (χ4v) is 3.78. The quantitative estimate of drug-likeness (QED) is 0.823. The maximum absolute atomic E-state index is 12.5. The maximum atomic E-state index is 12.5.